The van der Waals surface area contributed by atoms with Crippen molar-refractivity contribution in [3.63, 3.8) is 0 Å². The Labute approximate surface area is 106 Å². The Balaban J connectivity index is 3.43. The molecule has 0 aliphatic rings. The predicted octanol–water partition coefficient (Wildman–Crippen LogP) is 4.36. The van der Waals surface area contributed by atoms with Gasteiger partial charge in [0.1, 0.15) is 6.29 Å². The van der Waals surface area contributed by atoms with Gasteiger partial charge in [-0.2, -0.15) is 26.3 Å². The molecule has 1 rings (SSSR count). The first-order valence-electron chi connectivity index (χ1n) is 4.44. The predicted molar refractivity (Wildman–Crippen MR) is 54.2 cm³/mol. The summed E-state index contributed by atoms with van der Waals surface area (Å²) >= 11 is 2.68. The zero-order chi connectivity index (χ0) is 14.1. The zero-order valence-corrected chi connectivity index (χ0v) is 10.0. The van der Waals surface area contributed by atoms with Crippen molar-refractivity contribution in [2.45, 2.75) is 17.2 Å². The van der Waals surface area contributed by atoms with Crippen LogP contribution in [0.5, 0.6) is 0 Å². The van der Waals surface area contributed by atoms with Crippen molar-refractivity contribution in [1.29, 1.82) is 0 Å². The lowest BCUT2D eigenvalue weighted by molar-refractivity contribution is -0.143. The van der Waals surface area contributed by atoms with Crippen LogP contribution >= 0.6 is 15.9 Å². The molecular formula is C10H5BrF6O. The first kappa shape index (κ1) is 15.0. The first-order chi connectivity index (χ1) is 8.05. The molecule has 18 heavy (non-hydrogen) atoms. The summed E-state index contributed by atoms with van der Waals surface area (Å²) in [4.78, 5) is 9.20. The lowest BCUT2D eigenvalue weighted by atomic mass is 10.0. The van der Waals surface area contributed by atoms with Crippen molar-refractivity contribution in [1.82, 2.24) is 0 Å². The molecule has 0 N–H and O–H groups in total. The summed E-state index contributed by atoms with van der Waals surface area (Å²) in [5.74, 6) is 0. The Hall–Kier alpha value is -1.05. The average molecular weight is 335 g/mol. The number of benzene rings is 1. The Morgan fingerprint density at radius 2 is 1.33 bits per heavy atom. The second-order valence-electron chi connectivity index (χ2n) is 3.38. The van der Waals surface area contributed by atoms with Crippen molar-refractivity contribution in [2.75, 3.05) is 0 Å². The van der Waals surface area contributed by atoms with E-state index in [0.29, 0.717) is 12.1 Å². The van der Waals surface area contributed by atoms with Crippen LogP contribution in [0.3, 0.4) is 0 Å². The van der Waals surface area contributed by atoms with Gasteiger partial charge in [0.15, 0.2) is 0 Å². The highest BCUT2D eigenvalue weighted by Gasteiger charge is 2.37. The van der Waals surface area contributed by atoms with E-state index in [4.69, 9.17) is 0 Å². The number of alkyl halides is 7. The van der Waals surface area contributed by atoms with E-state index in [1.807, 2.05) is 0 Å². The lowest BCUT2D eigenvalue weighted by Crippen LogP contribution is -2.12. The van der Waals surface area contributed by atoms with E-state index in [1.165, 1.54) is 0 Å². The van der Waals surface area contributed by atoms with Gasteiger partial charge < -0.3 is 4.79 Å². The molecule has 0 saturated carbocycles. The van der Waals surface area contributed by atoms with Crippen LogP contribution in [0, 0.1) is 0 Å². The molecule has 0 aliphatic heterocycles. The highest BCUT2D eigenvalue weighted by molar-refractivity contribution is 9.09. The van der Waals surface area contributed by atoms with Crippen LogP contribution < -0.4 is 0 Å². The fraction of sp³-hybridized carbons (Fsp3) is 0.300. The number of carbonyl (C=O) groups excluding carboxylic acids is 1. The fourth-order valence-electron chi connectivity index (χ4n) is 1.22. The third kappa shape index (κ3) is 3.47. The summed E-state index contributed by atoms with van der Waals surface area (Å²) in [6.45, 7) is 0. The van der Waals surface area contributed by atoms with Crippen LogP contribution in [-0.2, 0) is 17.1 Å². The average Bonchev–Trinajstić information content (AvgIpc) is 2.25. The minimum absolute atomic E-state index is 0.00796. The van der Waals surface area contributed by atoms with Crippen LogP contribution in [0.1, 0.15) is 21.5 Å². The third-order valence-corrected chi connectivity index (χ3v) is 2.79. The minimum Gasteiger partial charge on any atom is -0.302 e. The number of halogens is 7. The van der Waals surface area contributed by atoms with Crippen molar-refractivity contribution >= 4 is 22.2 Å². The fourth-order valence-corrected chi connectivity index (χ4v) is 1.48. The summed E-state index contributed by atoms with van der Waals surface area (Å²) in [5, 5.41) is 0. The van der Waals surface area contributed by atoms with Crippen LogP contribution in [0.4, 0.5) is 26.3 Å². The Morgan fingerprint density at radius 3 is 1.61 bits per heavy atom. The molecule has 0 amide bonds. The van der Waals surface area contributed by atoms with Gasteiger partial charge in [0.25, 0.3) is 0 Å². The molecule has 1 aromatic rings. The maximum Gasteiger partial charge on any atom is 0.416 e. The van der Waals surface area contributed by atoms with Gasteiger partial charge in [-0.05, 0) is 23.8 Å². The molecule has 0 spiro atoms. The van der Waals surface area contributed by atoms with Gasteiger partial charge in [-0.1, -0.05) is 15.9 Å². The van der Waals surface area contributed by atoms with E-state index in [2.05, 4.69) is 15.9 Å². The largest absolute Gasteiger partial charge is 0.416 e. The van der Waals surface area contributed by atoms with Gasteiger partial charge in [0.2, 0.25) is 0 Å². The molecule has 1 nitrogen and oxygen atoms in total. The maximum atomic E-state index is 12.4. The summed E-state index contributed by atoms with van der Waals surface area (Å²) in [7, 11) is 0. The number of rotatable bonds is 2. The number of hydrogen-bond acceptors (Lipinski definition) is 1. The van der Waals surface area contributed by atoms with Gasteiger partial charge >= 0.3 is 12.4 Å². The highest BCUT2D eigenvalue weighted by atomic mass is 79.9. The number of hydrogen-bond donors (Lipinski definition) is 0. The van der Waals surface area contributed by atoms with E-state index >= 15 is 0 Å². The maximum absolute atomic E-state index is 12.4. The monoisotopic (exact) mass is 334 g/mol. The smallest absolute Gasteiger partial charge is 0.302 e. The highest BCUT2D eigenvalue weighted by Crippen LogP contribution is 2.38. The van der Waals surface area contributed by atoms with Gasteiger partial charge in [0.05, 0.1) is 16.0 Å². The Bertz CT molecular complexity index is 418. The summed E-state index contributed by atoms with van der Waals surface area (Å²) in [5.41, 5.74) is -3.29. The molecule has 0 aliphatic carbocycles. The summed E-state index contributed by atoms with van der Waals surface area (Å²) < 4.78 is 74.6. The Kier molecular flexibility index (Phi) is 4.09. The van der Waals surface area contributed by atoms with Crippen LogP contribution in [0.25, 0.3) is 0 Å². The lowest BCUT2D eigenvalue weighted by Gasteiger charge is -2.14. The molecule has 0 heterocycles. The van der Waals surface area contributed by atoms with E-state index in [-0.39, 0.29) is 12.4 Å². The van der Waals surface area contributed by atoms with E-state index < -0.39 is 33.9 Å². The normalized spacial score (nSPS) is 14.4. The molecule has 0 bridgehead atoms. The topological polar surface area (TPSA) is 17.1 Å². The first-order valence-corrected chi connectivity index (χ1v) is 5.36. The summed E-state index contributed by atoms with van der Waals surface area (Å²) in [6, 6.07) is 1.01. The minimum atomic E-state index is -4.91. The molecule has 8 heteroatoms. The standard InChI is InChI=1S/C10H5BrF6O/c11-8(4-18)5-1-6(9(12,13)14)3-7(2-5)10(15,16)17/h1-4,8H. The molecule has 0 aromatic heterocycles. The molecule has 1 atom stereocenters. The number of carbonyl (C=O) groups is 1. The van der Waals surface area contributed by atoms with Crippen molar-refractivity contribution in [3.05, 3.63) is 34.9 Å². The molecular weight excluding hydrogens is 330 g/mol. The van der Waals surface area contributed by atoms with Crippen molar-refractivity contribution in [2.24, 2.45) is 0 Å². The van der Waals surface area contributed by atoms with Crippen molar-refractivity contribution < 1.29 is 31.1 Å². The van der Waals surface area contributed by atoms with Crippen LogP contribution in [-0.4, -0.2) is 6.29 Å². The third-order valence-electron chi connectivity index (χ3n) is 2.05. The molecule has 1 aromatic carbocycles. The van der Waals surface area contributed by atoms with Crippen LogP contribution in [0.15, 0.2) is 18.2 Å². The Morgan fingerprint density at radius 1 is 0.944 bits per heavy atom. The van der Waals surface area contributed by atoms with Gasteiger partial charge in [-0.3, -0.25) is 0 Å². The molecule has 100 valence electrons. The van der Waals surface area contributed by atoms with Crippen molar-refractivity contribution in [3.8, 4) is 0 Å². The quantitative estimate of drug-likeness (QED) is 0.446. The molecule has 0 saturated heterocycles. The number of aldehydes is 1. The second kappa shape index (κ2) is 4.91. The van der Waals surface area contributed by atoms with Gasteiger partial charge in [-0.15, -0.1) is 0 Å². The zero-order valence-electron chi connectivity index (χ0n) is 8.44. The van der Waals surface area contributed by atoms with E-state index in [0.717, 1.165) is 0 Å². The summed E-state index contributed by atoms with van der Waals surface area (Å²) in [6.07, 6.45) is -9.62. The molecule has 0 radical (unpaired) electrons. The molecule has 1 unspecified atom stereocenters. The van der Waals surface area contributed by atoms with Gasteiger partial charge in [-0.25, -0.2) is 0 Å². The SMILES string of the molecule is O=CC(Br)c1cc(C(F)(F)F)cc(C(F)(F)F)c1. The second-order valence-corrected chi connectivity index (χ2v) is 4.36. The molecule has 0 fully saturated rings. The van der Waals surface area contributed by atoms with Crippen LogP contribution in [0.2, 0.25) is 0 Å². The van der Waals surface area contributed by atoms with E-state index in [9.17, 15) is 31.1 Å². The van der Waals surface area contributed by atoms with E-state index in [1.54, 1.807) is 0 Å². The van der Waals surface area contributed by atoms with Gasteiger partial charge in [0, 0.05) is 0 Å².